The average molecular weight is 322 g/mol. The van der Waals surface area contributed by atoms with E-state index in [0.717, 1.165) is 30.2 Å². The van der Waals surface area contributed by atoms with E-state index in [-0.39, 0.29) is 5.91 Å². The molecule has 2 N–H and O–H groups in total. The number of carbonyl (C=O) groups is 1. The van der Waals surface area contributed by atoms with E-state index in [2.05, 4.69) is 29.6 Å². The van der Waals surface area contributed by atoms with Gasteiger partial charge < -0.3 is 20.4 Å². The van der Waals surface area contributed by atoms with E-state index in [9.17, 15) is 4.79 Å². The van der Waals surface area contributed by atoms with Gasteiger partial charge in [-0.2, -0.15) is 0 Å². The molecular weight excluding hydrogens is 296 g/mol. The first-order valence-corrected chi connectivity index (χ1v) is 7.79. The largest absolute Gasteiger partial charge is 0.363 e. The summed E-state index contributed by atoms with van der Waals surface area (Å²) >= 11 is 5.38. The Labute approximate surface area is 138 Å². The molecule has 0 heterocycles. The molecule has 0 saturated heterocycles. The highest BCUT2D eigenvalue weighted by Gasteiger charge is 2.06. The molecule has 6 heteroatoms. The van der Waals surface area contributed by atoms with Crippen LogP contribution in [0, 0.1) is 0 Å². The van der Waals surface area contributed by atoms with Gasteiger partial charge in [0, 0.05) is 32.7 Å². The maximum atomic E-state index is 11.5. The number of thiocarbonyl (C=S) groups is 1. The monoisotopic (exact) mass is 322 g/mol. The topological polar surface area (TPSA) is 47.6 Å². The second-order valence-corrected chi connectivity index (χ2v) is 5.91. The van der Waals surface area contributed by atoms with Crippen LogP contribution in [-0.2, 0) is 6.54 Å². The zero-order valence-electron chi connectivity index (χ0n) is 13.8. The van der Waals surface area contributed by atoms with Crippen LogP contribution >= 0.6 is 12.2 Å². The minimum absolute atomic E-state index is 0.0713. The molecule has 5 nitrogen and oxygen atoms in total. The van der Waals surface area contributed by atoms with E-state index in [1.165, 1.54) is 0 Å². The van der Waals surface area contributed by atoms with Crippen molar-refractivity contribution >= 4 is 23.2 Å². The van der Waals surface area contributed by atoms with Crippen molar-refractivity contribution in [2.24, 2.45) is 0 Å². The Morgan fingerprint density at radius 3 is 2.36 bits per heavy atom. The zero-order chi connectivity index (χ0) is 16.5. The zero-order valence-corrected chi connectivity index (χ0v) is 14.7. The molecule has 1 aromatic carbocycles. The number of benzene rings is 1. The van der Waals surface area contributed by atoms with Gasteiger partial charge in [0.05, 0.1) is 0 Å². The number of nitrogens with one attached hydrogen (secondary N) is 2. The van der Waals surface area contributed by atoms with Crippen LogP contribution < -0.4 is 10.6 Å². The van der Waals surface area contributed by atoms with Crippen LogP contribution in [0.15, 0.2) is 24.3 Å². The van der Waals surface area contributed by atoms with Crippen molar-refractivity contribution in [3.05, 3.63) is 35.4 Å². The lowest BCUT2D eigenvalue weighted by Gasteiger charge is -2.21. The van der Waals surface area contributed by atoms with Crippen molar-refractivity contribution in [2.45, 2.75) is 13.0 Å². The molecule has 0 aliphatic heterocycles. The Kier molecular flexibility index (Phi) is 7.84. The second-order valence-electron chi connectivity index (χ2n) is 5.52. The highest BCUT2D eigenvalue weighted by atomic mass is 32.1. The fourth-order valence-corrected chi connectivity index (χ4v) is 2.14. The molecule has 0 aliphatic rings. The summed E-state index contributed by atoms with van der Waals surface area (Å²) in [6.07, 6.45) is 1.06. The lowest BCUT2D eigenvalue weighted by molar-refractivity contribution is 0.0963. The number of nitrogens with zero attached hydrogens (tertiary/aromatic N) is 2. The lowest BCUT2D eigenvalue weighted by atomic mass is 10.1. The van der Waals surface area contributed by atoms with Gasteiger partial charge in [-0.25, -0.2) is 0 Å². The van der Waals surface area contributed by atoms with Crippen LogP contribution in [0.5, 0.6) is 0 Å². The van der Waals surface area contributed by atoms with Crippen molar-refractivity contribution in [3.8, 4) is 0 Å². The second kappa shape index (κ2) is 9.38. The van der Waals surface area contributed by atoms with Crippen LogP contribution in [0.2, 0.25) is 0 Å². The maximum Gasteiger partial charge on any atom is 0.251 e. The predicted molar refractivity (Wildman–Crippen MR) is 95.1 cm³/mol. The molecule has 0 atom stereocenters. The Morgan fingerprint density at radius 2 is 1.82 bits per heavy atom. The number of hydrogen-bond acceptors (Lipinski definition) is 3. The molecule has 0 fully saturated rings. The number of rotatable bonds is 7. The summed E-state index contributed by atoms with van der Waals surface area (Å²) in [5.41, 5.74) is 1.78. The third-order valence-electron chi connectivity index (χ3n) is 3.27. The normalized spacial score (nSPS) is 10.4. The van der Waals surface area contributed by atoms with Gasteiger partial charge in [-0.15, -0.1) is 0 Å². The first-order chi connectivity index (χ1) is 10.4. The molecule has 0 unspecified atom stereocenters. The first kappa shape index (κ1) is 18.4. The lowest BCUT2D eigenvalue weighted by Crippen LogP contribution is -2.37. The highest BCUT2D eigenvalue weighted by molar-refractivity contribution is 7.80. The van der Waals surface area contributed by atoms with Crippen molar-refractivity contribution in [1.82, 2.24) is 20.4 Å². The molecule has 0 aromatic heterocycles. The quantitative estimate of drug-likeness (QED) is 0.585. The van der Waals surface area contributed by atoms with E-state index >= 15 is 0 Å². The van der Waals surface area contributed by atoms with Crippen molar-refractivity contribution in [2.75, 3.05) is 41.3 Å². The summed E-state index contributed by atoms with van der Waals surface area (Å²) in [6.45, 7) is 2.63. The van der Waals surface area contributed by atoms with Gasteiger partial charge in [-0.3, -0.25) is 4.79 Å². The fourth-order valence-electron chi connectivity index (χ4n) is 1.98. The summed E-state index contributed by atoms with van der Waals surface area (Å²) in [5.74, 6) is -0.0713. The molecule has 0 aliphatic carbocycles. The predicted octanol–water partition coefficient (Wildman–Crippen LogP) is 1.30. The van der Waals surface area contributed by atoms with Gasteiger partial charge >= 0.3 is 0 Å². The molecule has 1 rings (SSSR count). The van der Waals surface area contributed by atoms with Crippen LogP contribution in [0.1, 0.15) is 22.3 Å². The summed E-state index contributed by atoms with van der Waals surface area (Å²) < 4.78 is 0. The van der Waals surface area contributed by atoms with Gasteiger partial charge in [0.1, 0.15) is 0 Å². The SMILES string of the molecule is CNC(=O)c1ccc(CN(C)C(=S)NCCCN(C)C)cc1. The van der Waals surface area contributed by atoms with Crippen LogP contribution in [0.4, 0.5) is 0 Å². The van der Waals surface area contributed by atoms with E-state index in [0.29, 0.717) is 12.1 Å². The van der Waals surface area contributed by atoms with E-state index in [4.69, 9.17) is 12.2 Å². The van der Waals surface area contributed by atoms with Gasteiger partial charge in [0.15, 0.2) is 5.11 Å². The first-order valence-electron chi connectivity index (χ1n) is 7.38. The summed E-state index contributed by atoms with van der Waals surface area (Å²) in [5, 5.41) is 6.62. The van der Waals surface area contributed by atoms with E-state index < -0.39 is 0 Å². The molecule has 1 amide bonds. The van der Waals surface area contributed by atoms with Gasteiger partial charge in [-0.05, 0) is 57.0 Å². The van der Waals surface area contributed by atoms with Crippen molar-refractivity contribution in [3.63, 3.8) is 0 Å². The Balaban J connectivity index is 2.41. The minimum Gasteiger partial charge on any atom is -0.363 e. The summed E-state index contributed by atoms with van der Waals surface area (Å²) in [7, 11) is 7.72. The van der Waals surface area contributed by atoms with Crippen molar-refractivity contribution < 1.29 is 4.79 Å². The maximum absolute atomic E-state index is 11.5. The Hall–Kier alpha value is -1.66. The third kappa shape index (κ3) is 6.41. The average Bonchev–Trinajstić information content (AvgIpc) is 2.51. The molecule has 22 heavy (non-hydrogen) atoms. The van der Waals surface area contributed by atoms with E-state index in [1.54, 1.807) is 7.05 Å². The Morgan fingerprint density at radius 1 is 1.18 bits per heavy atom. The fraction of sp³-hybridized carbons (Fsp3) is 0.500. The van der Waals surface area contributed by atoms with Crippen molar-refractivity contribution in [1.29, 1.82) is 0 Å². The van der Waals surface area contributed by atoms with Gasteiger partial charge in [-0.1, -0.05) is 12.1 Å². The molecule has 0 saturated carbocycles. The third-order valence-corrected chi connectivity index (χ3v) is 3.72. The Bertz CT molecular complexity index is 487. The van der Waals surface area contributed by atoms with Gasteiger partial charge in [0.25, 0.3) is 5.91 Å². The highest BCUT2D eigenvalue weighted by Crippen LogP contribution is 2.07. The minimum atomic E-state index is -0.0713. The summed E-state index contributed by atoms with van der Waals surface area (Å²) in [4.78, 5) is 15.6. The molecular formula is C16H26N4OS. The van der Waals surface area contributed by atoms with Crippen LogP contribution in [0.3, 0.4) is 0 Å². The number of hydrogen-bond donors (Lipinski definition) is 2. The number of amides is 1. The molecule has 0 spiro atoms. The molecule has 1 aromatic rings. The van der Waals surface area contributed by atoms with Gasteiger partial charge in [0.2, 0.25) is 0 Å². The standard InChI is InChI=1S/C16H26N4OS/c1-17-15(21)14-8-6-13(7-9-14)12-20(4)16(22)18-10-5-11-19(2)3/h6-9H,5,10-12H2,1-4H3,(H,17,21)(H,18,22). The van der Waals surface area contributed by atoms with Crippen LogP contribution in [0.25, 0.3) is 0 Å². The molecule has 0 radical (unpaired) electrons. The summed E-state index contributed by atoms with van der Waals surface area (Å²) in [6, 6.07) is 7.57. The number of carbonyl (C=O) groups excluding carboxylic acids is 1. The molecule has 0 bridgehead atoms. The van der Waals surface area contributed by atoms with E-state index in [1.807, 2.05) is 36.2 Å². The molecule has 122 valence electrons. The smallest absolute Gasteiger partial charge is 0.251 e. The van der Waals surface area contributed by atoms with Crippen LogP contribution in [-0.4, -0.2) is 62.1 Å².